The summed E-state index contributed by atoms with van der Waals surface area (Å²) in [5.74, 6) is 0. The van der Waals surface area contributed by atoms with Crippen LogP contribution in [0.15, 0.2) is 12.1 Å². The minimum Gasteiger partial charge on any atom is -0.197 e. The normalized spacial score (nSPS) is 12.5. The van der Waals surface area contributed by atoms with Gasteiger partial charge in [-0.2, -0.15) is 5.26 Å². The van der Waals surface area contributed by atoms with Gasteiger partial charge in [-0.25, -0.2) is 0 Å². The molecule has 1 nitrogen and oxygen atoms in total. The second-order valence-corrected chi connectivity index (χ2v) is 4.26. The number of rotatable bonds is 2. The third-order valence-corrected chi connectivity index (χ3v) is 3.69. The molecule has 0 amide bonds. The van der Waals surface area contributed by atoms with Gasteiger partial charge in [-0.05, 0) is 18.6 Å². The van der Waals surface area contributed by atoms with Crippen molar-refractivity contribution < 1.29 is 0 Å². The Balaban J connectivity index is 2.82. The number of nitriles is 1. The Labute approximate surface area is 78.8 Å². The molecule has 0 N–H and O–H groups in total. The fraction of sp³-hybridized carbons (Fsp3) is 0.375. The van der Waals surface area contributed by atoms with E-state index in [1.54, 1.807) is 11.3 Å². The lowest BCUT2D eigenvalue weighted by Crippen LogP contribution is -1.76. The van der Waals surface area contributed by atoms with Crippen LogP contribution in [0.25, 0.3) is 0 Å². The summed E-state index contributed by atoms with van der Waals surface area (Å²) in [7, 11) is 0. The molecule has 1 rings (SSSR count). The van der Waals surface area contributed by atoms with Gasteiger partial charge in [-0.1, -0.05) is 22.9 Å². The summed E-state index contributed by atoms with van der Waals surface area (Å²) in [5, 5.41) is 8.58. The van der Waals surface area contributed by atoms with Gasteiger partial charge in [0.25, 0.3) is 0 Å². The summed E-state index contributed by atoms with van der Waals surface area (Å²) in [6.07, 6.45) is 1.05. The highest BCUT2D eigenvalue weighted by molar-refractivity contribution is 9.09. The van der Waals surface area contributed by atoms with Crippen LogP contribution in [0.5, 0.6) is 0 Å². The highest BCUT2D eigenvalue weighted by Gasteiger charge is 2.07. The van der Waals surface area contributed by atoms with Crippen LogP contribution in [0.3, 0.4) is 0 Å². The second-order valence-electron chi connectivity index (χ2n) is 2.15. The predicted octanol–water partition coefficient (Wildman–Crippen LogP) is 3.27. The Kier molecular flexibility index (Phi) is 3.10. The zero-order chi connectivity index (χ0) is 8.27. The second kappa shape index (κ2) is 3.89. The van der Waals surface area contributed by atoms with Crippen molar-refractivity contribution in [3.8, 4) is 6.07 Å². The topological polar surface area (TPSA) is 23.8 Å². The molecule has 3 heteroatoms. The Bertz CT molecular complexity index is 274. The van der Waals surface area contributed by atoms with Crippen molar-refractivity contribution in [3.05, 3.63) is 21.9 Å². The van der Waals surface area contributed by atoms with E-state index in [0.717, 1.165) is 11.3 Å². The first-order chi connectivity index (χ1) is 5.27. The summed E-state index contributed by atoms with van der Waals surface area (Å²) in [4.78, 5) is 2.30. The minimum absolute atomic E-state index is 0.132. The maximum atomic E-state index is 8.58. The van der Waals surface area contributed by atoms with E-state index in [4.69, 9.17) is 5.26 Å². The number of alkyl halides is 1. The van der Waals surface area contributed by atoms with Crippen molar-refractivity contribution in [1.82, 2.24) is 0 Å². The van der Waals surface area contributed by atoms with Crippen molar-refractivity contribution in [3.63, 3.8) is 0 Å². The van der Waals surface area contributed by atoms with Gasteiger partial charge < -0.3 is 0 Å². The first-order valence-electron chi connectivity index (χ1n) is 3.40. The molecule has 58 valence electrons. The quantitative estimate of drug-likeness (QED) is 0.715. The summed E-state index contributed by atoms with van der Waals surface area (Å²) >= 11 is 4.97. The van der Waals surface area contributed by atoms with Crippen molar-refractivity contribution in [1.29, 1.82) is 5.26 Å². The molecule has 0 saturated heterocycles. The SMILES string of the molecule is CCc1ccc(C(Br)C#N)s1. The molecule has 0 aliphatic rings. The minimum atomic E-state index is -0.132. The summed E-state index contributed by atoms with van der Waals surface area (Å²) < 4.78 is 0. The van der Waals surface area contributed by atoms with Gasteiger partial charge >= 0.3 is 0 Å². The summed E-state index contributed by atoms with van der Waals surface area (Å²) in [6.45, 7) is 2.12. The molecule has 0 aromatic carbocycles. The molecule has 0 fully saturated rings. The van der Waals surface area contributed by atoms with Gasteiger partial charge in [0.1, 0.15) is 4.83 Å². The summed E-state index contributed by atoms with van der Waals surface area (Å²) in [5.41, 5.74) is 0. The molecule has 0 bridgehead atoms. The lowest BCUT2D eigenvalue weighted by Gasteiger charge is -1.92. The van der Waals surface area contributed by atoms with E-state index in [0.29, 0.717) is 0 Å². The van der Waals surface area contributed by atoms with E-state index in [-0.39, 0.29) is 4.83 Å². The van der Waals surface area contributed by atoms with Crippen LogP contribution in [-0.4, -0.2) is 0 Å². The van der Waals surface area contributed by atoms with E-state index >= 15 is 0 Å². The molecular weight excluding hydrogens is 222 g/mol. The maximum Gasteiger partial charge on any atom is 0.135 e. The number of hydrogen-bond donors (Lipinski definition) is 0. The average molecular weight is 230 g/mol. The van der Waals surface area contributed by atoms with E-state index in [2.05, 4.69) is 35.0 Å². The zero-order valence-electron chi connectivity index (χ0n) is 6.17. The van der Waals surface area contributed by atoms with E-state index in [1.807, 2.05) is 6.07 Å². The van der Waals surface area contributed by atoms with Crippen LogP contribution >= 0.6 is 27.3 Å². The third kappa shape index (κ3) is 2.05. The van der Waals surface area contributed by atoms with E-state index in [1.165, 1.54) is 4.88 Å². The molecule has 0 aliphatic carbocycles. The average Bonchev–Trinajstić information content (AvgIpc) is 2.50. The smallest absolute Gasteiger partial charge is 0.135 e. The Morgan fingerprint density at radius 1 is 1.73 bits per heavy atom. The molecule has 1 atom stereocenters. The molecule has 1 heterocycles. The van der Waals surface area contributed by atoms with Crippen LogP contribution in [0.4, 0.5) is 0 Å². The molecule has 1 unspecified atom stereocenters. The lowest BCUT2D eigenvalue weighted by molar-refractivity contribution is 1.19. The highest BCUT2D eigenvalue weighted by atomic mass is 79.9. The van der Waals surface area contributed by atoms with Crippen LogP contribution in [0.1, 0.15) is 21.5 Å². The third-order valence-electron chi connectivity index (χ3n) is 1.39. The standard InChI is InChI=1S/C8H8BrNS/c1-2-6-3-4-8(11-6)7(9)5-10/h3-4,7H,2H2,1H3. The van der Waals surface area contributed by atoms with Gasteiger partial charge in [0.05, 0.1) is 6.07 Å². The molecule has 0 radical (unpaired) electrons. The zero-order valence-corrected chi connectivity index (χ0v) is 8.58. The van der Waals surface area contributed by atoms with Crippen LogP contribution < -0.4 is 0 Å². The lowest BCUT2D eigenvalue weighted by atomic mass is 10.3. The van der Waals surface area contributed by atoms with Crippen molar-refractivity contribution in [2.24, 2.45) is 0 Å². The van der Waals surface area contributed by atoms with Gasteiger partial charge in [0.15, 0.2) is 0 Å². The van der Waals surface area contributed by atoms with Gasteiger partial charge in [0.2, 0.25) is 0 Å². The fourth-order valence-corrected chi connectivity index (χ4v) is 2.09. The van der Waals surface area contributed by atoms with Crippen molar-refractivity contribution >= 4 is 27.3 Å². The van der Waals surface area contributed by atoms with Gasteiger partial charge in [-0.15, -0.1) is 11.3 Å². The predicted molar refractivity (Wildman–Crippen MR) is 51.0 cm³/mol. The number of hydrogen-bond acceptors (Lipinski definition) is 2. The monoisotopic (exact) mass is 229 g/mol. The van der Waals surface area contributed by atoms with Gasteiger partial charge in [-0.3, -0.25) is 0 Å². The first kappa shape index (κ1) is 8.76. The van der Waals surface area contributed by atoms with Crippen molar-refractivity contribution in [2.75, 3.05) is 0 Å². The van der Waals surface area contributed by atoms with Gasteiger partial charge in [0, 0.05) is 9.75 Å². The summed E-state index contributed by atoms with van der Waals surface area (Å²) in [6, 6.07) is 6.23. The number of halogens is 1. The Morgan fingerprint density at radius 2 is 2.45 bits per heavy atom. The van der Waals surface area contributed by atoms with E-state index < -0.39 is 0 Å². The van der Waals surface area contributed by atoms with Crippen molar-refractivity contribution in [2.45, 2.75) is 18.2 Å². The van der Waals surface area contributed by atoms with Crippen LogP contribution in [0.2, 0.25) is 0 Å². The molecule has 0 saturated carbocycles. The molecule has 0 aliphatic heterocycles. The number of nitrogens with zero attached hydrogens (tertiary/aromatic N) is 1. The largest absolute Gasteiger partial charge is 0.197 e. The maximum absolute atomic E-state index is 8.58. The molecular formula is C8H8BrNS. The Hall–Kier alpha value is -0.330. The van der Waals surface area contributed by atoms with Crippen LogP contribution in [0, 0.1) is 11.3 Å². The first-order valence-corrected chi connectivity index (χ1v) is 5.13. The molecule has 1 aromatic heterocycles. The number of thiophene rings is 1. The molecule has 11 heavy (non-hydrogen) atoms. The van der Waals surface area contributed by atoms with E-state index in [9.17, 15) is 0 Å². The molecule has 0 spiro atoms. The molecule has 1 aromatic rings. The van der Waals surface area contributed by atoms with Crippen LogP contribution in [-0.2, 0) is 6.42 Å². The Morgan fingerprint density at radius 3 is 2.91 bits per heavy atom. The highest BCUT2D eigenvalue weighted by Crippen LogP contribution is 2.28. The fourth-order valence-electron chi connectivity index (χ4n) is 0.784. The number of aryl methyl sites for hydroxylation is 1.